The first-order valence-electron chi connectivity index (χ1n) is 7.94. The lowest BCUT2D eigenvalue weighted by Gasteiger charge is -2.10. The van der Waals surface area contributed by atoms with Crippen LogP contribution >= 0.6 is 0 Å². The summed E-state index contributed by atoms with van der Waals surface area (Å²) in [6.07, 6.45) is 8.96. The maximum Gasteiger partial charge on any atom is 0.262 e. The Hall–Kier alpha value is -2.41. The van der Waals surface area contributed by atoms with Crippen LogP contribution in [0.1, 0.15) is 25.8 Å². The molecule has 1 aliphatic carbocycles. The molecule has 0 bridgehead atoms. The molecule has 124 valence electrons. The zero-order valence-corrected chi connectivity index (χ0v) is 14.1. The van der Waals surface area contributed by atoms with Gasteiger partial charge in [0.15, 0.2) is 0 Å². The van der Waals surface area contributed by atoms with Crippen LogP contribution in [0.5, 0.6) is 0 Å². The first-order valence-corrected chi connectivity index (χ1v) is 9.42. The van der Waals surface area contributed by atoms with Crippen LogP contribution in [0.15, 0.2) is 53.9 Å². The van der Waals surface area contributed by atoms with Crippen molar-refractivity contribution in [2.75, 3.05) is 4.72 Å². The zero-order valence-electron chi connectivity index (χ0n) is 13.3. The summed E-state index contributed by atoms with van der Waals surface area (Å²) in [6.45, 7) is 2.11. The molecule has 0 saturated heterocycles. The van der Waals surface area contributed by atoms with Gasteiger partial charge in [-0.05, 0) is 43.2 Å². The lowest BCUT2D eigenvalue weighted by atomic mass is 10.2. The van der Waals surface area contributed by atoms with E-state index in [1.165, 1.54) is 12.8 Å². The van der Waals surface area contributed by atoms with E-state index in [1.807, 2.05) is 10.7 Å². The van der Waals surface area contributed by atoms with Gasteiger partial charge in [0.25, 0.3) is 10.0 Å². The topological polar surface area (TPSA) is 76.9 Å². The third-order valence-corrected chi connectivity index (χ3v) is 5.95. The monoisotopic (exact) mass is 342 g/mol. The van der Waals surface area contributed by atoms with Crippen LogP contribution in [0.2, 0.25) is 0 Å². The number of benzene rings is 1. The Morgan fingerprint density at radius 2 is 2.08 bits per heavy atom. The third-order valence-electron chi connectivity index (χ3n) is 4.51. The Bertz CT molecular complexity index is 987. The molecule has 2 aromatic heterocycles. The summed E-state index contributed by atoms with van der Waals surface area (Å²) >= 11 is 0. The first-order chi connectivity index (χ1) is 11.5. The van der Waals surface area contributed by atoms with E-state index >= 15 is 0 Å². The van der Waals surface area contributed by atoms with Crippen LogP contribution in [0, 0.1) is 5.92 Å². The second kappa shape index (κ2) is 5.59. The average molecular weight is 342 g/mol. The van der Waals surface area contributed by atoms with Gasteiger partial charge in [-0.2, -0.15) is 5.10 Å². The minimum absolute atomic E-state index is 0.219. The van der Waals surface area contributed by atoms with Gasteiger partial charge in [0.05, 0.1) is 22.8 Å². The summed E-state index contributed by atoms with van der Waals surface area (Å²) in [7, 11) is -3.70. The van der Waals surface area contributed by atoms with Crippen molar-refractivity contribution < 1.29 is 8.42 Å². The number of nitrogens with one attached hydrogen (secondary N) is 1. The molecule has 4 rings (SSSR count). The molecule has 0 radical (unpaired) electrons. The van der Waals surface area contributed by atoms with Crippen molar-refractivity contribution in [3.63, 3.8) is 0 Å². The Labute approximate surface area is 140 Å². The molecule has 1 saturated carbocycles. The average Bonchev–Trinajstić information content (AvgIpc) is 3.33. The highest BCUT2D eigenvalue weighted by molar-refractivity contribution is 7.93. The minimum Gasteiger partial charge on any atom is -0.276 e. The number of fused-ring (bicyclic) bond motifs is 1. The van der Waals surface area contributed by atoms with Crippen molar-refractivity contribution in [3.8, 4) is 0 Å². The summed E-state index contributed by atoms with van der Waals surface area (Å²) in [5, 5.41) is 5.74. The van der Waals surface area contributed by atoms with E-state index in [0.717, 1.165) is 5.39 Å². The van der Waals surface area contributed by atoms with Crippen LogP contribution in [0.3, 0.4) is 0 Å². The Balaban J connectivity index is 1.65. The van der Waals surface area contributed by atoms with Gasteiger partial charge in [-0.3, -0.25) is 14.4 Å². The molecule has 1 fully saturated rings. The highest BCUT2D eigenvalue weighted by atomic mass is 32.2. The highest BCUT2D eigenvalue weighted by Crippen LogP contribution is 2.39. The number of hydrogen-bond acceptors (Lipinski definition) is 4. The summed E-state index contributed by atoms with van der Waals surface area (Å²) in [5.41, 5.74) is 0.475. The molecule has 1 unspecified atom stereocenters. The van der Waals surface area contributed by atoms with Crippen molar-refractivity contribution >= 4 is 26.5 Å². The van der Waals surface area contributed by atoms with Crippen molar-refractivity contribution in [1.29, 1.82) is 0 Å². The molecule has 2 heterocycles. The summed E-state index contributed by atoms with van der Waals surface area (Å²) in [4.78, 5) is 4.26. The standard InChI is InChI=1S/C17H18N4O2S/c1-12(13-5-6-13)21-11-15(9-19-21)20-24(22,23)17-4-2-3-14-7-8-18-10-16(14)17/h2-4,7-13,20H,5-6H2,1H3. The van der Waals surface area contributed by atoms with Crippen LogP contribution in [-0.4, -0.2) is 23.2 Å². The predicted octanol–water partition coefficient (Wildman–Crippen LogP) is 3.20. The number of anilines is 1. The van der Waals surface area contributed by atoms with Crippen LogP contribution in [-0.2, 0) is 10.0 Å². The molecule has 3 aromatic rings. The highest BCUT2D eigenvalue weighted by Gasteiger charge is 2.29. The lowest BCUT2D eigenvalue weighted by Crippen LogP contribution is -2.13. The van der Waals surface area contributed by atoms with Crippen LogP contribution < -0.4 is 4.72 Å². The Kier molecular flexibility index (Phi) is 3.53. The van der Waals surface area contributed by atoms with E-state index in [0.29, 0.717) is 23.0 Å². The quantitative estimate of drug-likeness (QED) is 0.772. The molecule has 24 heavy (non-hydrogen) atoms. The smallest absolute Gasteiger partial charge is 0.262 e. The van der Waals surface area contributed by atoms with Gasteiger partial charge in [-0.25, -0.2) is 8.42 Å². The normalized spacial score (nSPS) is 16.2. The minimum atomic E-state index is -3.70. The van der Waals surface area contributed by atoms with Crippen molar-refractivity contribution in [3.05, 3.63) is 49.1 Å². The molecule has 1 aromatic carbocycles. The molecule has 7 heteroatoms. The Morgan fingerprint density at radius 1 is 1.25 bits per heavy atom. The maximum absolute atomic E-state index is 12.8. The fourth-order valence-corrected chi connectivity index (χ4v) is 4.18. The number of aromatic nitrogens is 3. The number of rotatable bonds is 5. The van der Waals surface area contributed by atoms with E-state index in [2.05, 4.69) is 21.7 Å². The van der Waals surface area contributed by atoms with E-state index in [9.17, 15) is 8.42 Å². The molecule has 6 nitrogen and oxygen atoms in total. The number of hydrogen-bond donors (Lipinski definition) is 1. The number of nitrogens with zero attached hydrogens (tertiary/aromatic N) is 3. The second-order valence-corrected chi connectivity index (χ2v) is 7.90. The zero-order chi connectivity index (χ0) is 16.7. The first kappa shape index (κ1) is 15.1. The molecule has 0 spiro atoms. The fraction of sp³-hybridized carbons (Fsp3) is 0.294. The lowest BCUT2D eigenvalue weighted by molar-refractivity contribution is 0.440. The molecule has 1 atom stereocenters. The van der Waals surface area contributed by atoms with E-state index in [1.54, 1.807) is 43.0 Å². The van der Waals surface area contributed by atoms with Crippen molar-refractivity contribution in [2.24, 2.45) is 5.92 Å². The third kappa shape index (κ3) is 2.75. The summed E-state index contributed by atoms with van der Waals surface area (Å²) < 4.78 is 30.0. The van der Waals surface area contributed by atoms with E-state index in [-0.39, 0.29) is 4.90 Å². The van der Waals surface area contributed by atoms with Gasteiger partial charge in [0, 0.05) is 24.0 Å². The van der Waals surface area contributed by atoms with Gasteiger partial charge < -0.3 is 0 Å². The predicted molar refractivity (Wildman–Crippen MR) is 92.2 cm³/mol. The SMILES string of the molecule is CC(C1CC1)n1cc(NS(=O)(=O)c2cccc3ccncc23)cn1. The molecule has 0 amide bonds. The molecule has 1 N–H and O–H groups in total. The van der Waals surface area contributed by atoms with Gasteiger partial charge >= 0.3 is 0 Å². The van der Waals surface area contributed by atoms with E-state index in [4.69, 9.17) is 0 Å². The number of sulfonamides is 1. The Morgan fingerprint density at radius 3 is 2.88 bits per heavy atom. The second-order valence-electron chi connectivity index (χ2n) is 6.25. The summed E-state index contributed by atoms with van der Waals surface area (Å²) in [5.74, 6) is 0.651. The van der Waals surface area contributed by atoms with E-state index < -0.39 is 10.0 Å². The molecular formula is C17H18N4O2S. The van der Waals surface area contributed by atoms with Gasteiger partial charge in [0.2, 0.25) is 0 Å². The molecule has 0 aliphatic heterocycles. The van der Waals surface area contributed by atoms with Crippen molar-refractivity contribution in [1.82, 2.24) is 14.8 Å². The van der Waals surface area contributed by atoms with Gasteiger partial charge in [0.1, 0.15) is 0 Å². The van der Waals surface area contributed by atoms with Crippen molar-refractivity contribution in [2.45, 2.75) is 30.7 Å². The summed E-state index contributed by atoms with van der Waals surface area (Å²) in [6, 6.07) is 7.28. The van der Waals surface area contributed by atoms with Crippen LogP contribution in [0.4, 0.5) is 5.69 Å². The fourth-order valence-electron chi connectivity index (χ4n) is 2.94. The van der Waals surface area contributed by atoms with Gasteiger partial charge in [-0.15, -0.1) is 0 Å². The van der Waals surface area contributed by atoms with Gasteiger partial charge in [-0.1, -0.05) is 12.1 Å². The molecule has 1 aliphatic rings. The number of pyridine rings is 1. The van der Waals surface area contributed by atoms with Crippen LogP contribution in [0.25, 0.3) is 10.8 Å². The molecular weight excluding hydrogens is 324 g/mol. The largest absolute Gasteiger partial charge is 0.276 e. The maximum atomic E-state index is 12.8.